The molecule has 0 unspecified atom stereocenters. The van der Waals surface area contributed by atoms with E-state index in [4.69, 9.17) is 9.47 Å². The SMILES string of the molecule is COc1ccc(OCCNC(=O)c2ccc(C)c(NS(C)(=O)=O)c2)cc1. The molecule has 7 nitrogen and oxygen atoms in total. The van der Waals surface area contributed by atoms with Crippen LogP contribution in [0.3, 0.4) is 0 Å². The molecular weight excluding hydrogens is 356 g/mol. The molecule has 2 aromatic carbocycles. The van der Waals surface area contributed by atoms with E-state index in [0.29, 0.717) is 30.2 Å². The Morgan fingerprint density at radius 1 is 1.08 bits per heavy atom. The minimum Gasteiger partial charge on any atom is -0.497 e. The van der Waals surface area contributed by atoms with Gasteiger partial charge in [-0.2, -0.15) is 0 Å². The number of methoxy groups -OCH3 is 1. The summed E-state index contributed by atoms with van der Waals surface area (Å²) < 4.78 is 35.8. The zero-order chi connectivity index (χ0) is 19.2. The van der Waals surface area contributed by atoms with Gasteiger partial charge in [0.2, 0.25) is 10.0 Å². The molecule has 0 fully saturated rings. The van der Waals surface area contributed by atoms with Crippen molar-refractivity contribution in [2.45, 2.75) is 6.92 Å². The number of nitrogens with one attached hydrogen (secondary N) is 2. The number of sulfonamides is 1. The number of rotatable bonds is 8. The minimum absolute atomic E-state index is 0.304. The van der Waals surface area contributed by atoms with Gasteiger partial charge >= 0.3 is 0 Å². The van der Waals surface area contributed by atoms with Gasteiger partial charge in [-0.05, 0) is 48.9 Å². The fraction of sp³-hybridized carbons (Fsp3) is 0.278. The van der Waals surface area contributed by atoms with Crippen LogP contribution in [0.5, 0.6) is 11.5 Å². The van der Waals surface area contributed by atoms with Gasteiger partial charge < -0.3 is 14.8 Å². The molecular formula is C18H22N2O5S. The predicted molar refractivity (Wildman–Crippen MR) is 100 cm³/mol. The standard InChI is InChI=1S/C18H22N2O5S/c1-13-4-5-14(12-17(13)20-26(3,22)23)18(21)19-10-11-25-16-8-6-15(24-2)7-9-16/h4-9,12,20H,10-11H2,1-3H3,(H,19,21). The highest BCUT2D eigenvalue weighted by atomic mass is 32.2. The third-order valence-corrected chi connectivity index (χ3v) is 4.10. The molecule has 0 atom stereocenters. The van der Waals surface area contributed by atoms with E-state index in [1.807, 2.05) is 0 Å². The van der Waals surface area contributed by atoms with Gasteiger partial charge in [-0.3, -0.25) is 9.52 Å². The second-order valence-electron chi connectivity index (χ2n) is 5.68. The lowest BCUT2D eigenvalue weighted by Crippen LogP contribution is -2.28. The first-order valence-corrected chi connectivity index (χ1v) is 9.81. The number of aryl methyl sites for hydroxylation is 1. The molecule has 0 aliphatic heterocycles. The molecule has 0 saturated heterocycles. The third-order valence-electron chi connectivity index (χ3n) is 3.51. The van der Waals surface area contributed by atoms with E-state index in [2.05, 4.69) is 10.0 Å². The quantitative estimate of drug-likeness (QED) is 0.687. The maximum absolute atomic E-state index is 12.2. The van der Waals surface area contributed by atoms with E-state index < -0.39 is 10.0 Å². The van der Waals surface area contributed by atoms with Gasteiger partial charge in [0.15, 0.2) is 0 Å². The van der Waals surface area contributed by atoms with Gasteiger partial charge in [0.25, 0.3) is 5.91 Å². The summed E-state index contributed by atoms with van der Waals surface area (Å²) in [6.45, 7) is 2.38. The molecule has 1 amide bonds. The predicted octanol–water partition coefficient (Wildman–Crippen LogP) is 2.18. The Morgan fingerprint density at radius 2 is 1.73 bits per heavy atom. The number of carbonyl (C=O) groups excluding carboxylic acids is 1. The van der Waals surface area contributed by atoms with Gasteiger partial charge in [-0.25, -0.2) is 8.42 Å². The van der Waals surface area contributed by atoms with Gasteiger partial charge in [-0.1, -0.05) is 6.07 Å². The fourth-order valence-electron chi connectivity index (χ4n) is 2.18. The summed E-state index contributed by atoms with van der Waals surface area (Å²) in [4.78, 5) is 12.2. The monoisotopic (exact) mass is 378 g/mol. The maximum atomic E-state index is 12.2. The Kier molecular flexibility index (Phi) is 6.46. The van der Waals surface area contributed by atoms with Crippen molar-refractivity contribution in [3.05, 3.63) is 53.6 Å². The Bertz CT molecular complexity index is 864. The van der Waals surface area contributed by atoms with Crippen molar-refractivity contribution in [2.75, 3.05) is 31.2 Å². The summed E-state index contributed by atoms with van der Waals surface area (Å²) in [5, 5.41) is 2.74. The average molecular weight is 378 g/mol. The molecule has 0 aliphatic rings. The van der Waals surface area contributed by atoms with Crippen molar-refractivity contribution < 1.29 is 22.7 Å². The molecule has 0 aliphatic carbocycles. The largest absolute Gasteiger partial charge is 0.497 e. The zero-order valence-corrected chi connectivity index (χ0v) is 15.7. The summed E-state index contributed by atoms with van der Waals surface area (Å²) in [6, 6.07) is 12.0. The third kappa shape index (κ3) is 5.96. The molecule has 0 heterocycles. The molecule has 0 aromatic heterocycles. The summed E-state index contributed by atoms with van der Waals surface area (Å²) in [7, 11) is -1.82. The normalized spacial score (nSPS) is 10.9. The molecule has 0 spiro atoms. The van der Waals surface area contributed by atoms with Crippen LogP contribution in [0.4, 0.5) is 5.69 Å². The molecule has 140 valence electrons. The van der Waals surface area contributed by atoms with Crippen LogP contribution in [0.25, 0.3) is 0 Å². The number of amides is 1. The molecule has 0 radical (unpaired) electrons. The molecule has 0 saturated carbocycles. The van der Waals surface area contributed by atoms with Crippen molar-refractivity contribution >= 4 is 21.6 Å². The van der Waals surface area contributed by atoms with E-state index in [1.54, 1.807) is 50.4 Å². The molecule has 8 heteroatoms. The molecule has 2 N–H and O–H groups in total. The summed E-state index contributed by atoms with van der Waals surface area (Å²) in [5.41, 5.74) is 1.48. The number of carbonyl (C=O) groups is 1. The van der Waals surface area contributed by atoms with Crippen LogP contribution < -0.4 is 19.5 Å². The fourth-order valence-corrected chi connectivity index (χ4v) is 2.80. The molecule has 2 rings (SSSR count). The van der Waals surface area contributed by atoms with Crippen LogP contribution in [-0.2, 0) is 10.0 Å². The van der Waals surface area contributed by atoms with E-state index in [0.717, 1.165) is 17.6 Å². The smallest absolute Gasteiger partial charge is 0.251 e. The van der Waals surface area contributed by atoms with Crippen LogP contribution in [0, 0.1) is 6.92 Å². The lowest BCUT2D eigenvalue weighted by molar-refractivity contribution is 0.0947. The summed E-state index contributed by atoms with van der Waals surface area (Å²) in [6.07, 6.45) is 1.07. The summed E-state index contributed by atoms with van der Waals surface area (Å²) in [5.74, 6) is 1.11. The van der Waals surface area contributed by atoms with Crippen LogP contribution >= 0.6 is 0 Å². The maximum Gasteiger partial charge on any atom is 0.251 e. The van der Waals surface area contributed by atoms with Crippen LogP contribution in [0.2, 0.25) is 0 Å². The zero-order valence-electron chi connectivity index (χ0n) is 14.9. The molecule has 2 aromatic rings. The first-order valence-electron chi connectivity index (χ1n) is 7.92. The Balaban J connectivity index is 1.88. The number of hydrogen-bond donors (Lipinski definition) is 2. The Hall–Kier alpha value is -2.74. The molecule has 26 heavy (non-hydrogen) atoms. The lowest BCUT2D eigenvalue weighted by atomic mass is 10.1. The van der Waals surface area contributed by atoms with Crippen molar-refractivity contribution in [1.29, 1.82) is 0 Å². The minimum atomic E-state index is -3.41. The van der Waals surface area contributed by atoms with Gasteiger partial charge in [-0.15, -0.1) is 0 Å². The van der Waals surface area contributed by atoms with Crippen molar-refractivity contribution in [3.8, 4) is 11.5 Å². The Morgan fingerprint density at radius 3 is 2.35 bits per heavy atom. The summed E-state index contributed by atoms with van der Waals surface area (Å²) >= 11 is 0. The number of benzene rings is 2. The first-order chi connectivity index (χ1) is 12.3. The second-order valence-corrected chi connectivity index (χ2v) is 7.43. The van der Waals surface area contributed by atoms with Crippen molar-refractivity contribution in [1.82, 2.24) is 5.32 Å². The Labute approximate surface area is 153 Å². The van der Waals surface area contributed by atoms with Gasteiger partial charge in [0.05, 0.1) is 25.6 Å². The number of hydrogen-bond acceptors (Lipinski definition) is 5. The van der Waals surface area contributed by atoms with E-state index >= 15 is 0 Å². The van der Waals surface area contributed by atoms with Crippen LogP contribution in [-0.4, -0.2) is 40.8 Å². The van der Waals surface area contributed by atoms with E-state index in [1.165, 1.54) is 6.07 Å². The van der Waals surface area contributed by atoms with Crippen LogP contribution in [0.15, 0.2) is 42.5 Å². The average Bonchev–Trinajstić information content (AvgIpc) is 2.59. The lowest BCUT2D eigenvalue weighted by Gasteiger charge is -2.11. The van der Waals surface area contributed by atoms with E-state index in [-0.39, 0.29) is 5.91 Å². The van der Waals surface area contributed by atoms with E-state index in [9.17, 15) is 13.2 Å². The van der Waals surface area contributed by atoms with Crippen molar-refractivity contribution in [2.24, 2.45) is 0 Å². The van der Waals surface area contributed by atoms with Crippen molar-refractivity contribution in [3.63, 3.8) is 0 Å². The topological polar surface area (TPSA) is 93.7 Å². The highest BCUT2D eigenvalue weighted by Crippen LogP contribution is 2.18. The highest BCUT2D eigenvalue weighted by Gasteiger charge is 2.10. The van der Waals surface area contributed by atoms with Gasteiger partial charge in [0, 0.05) is 5.56 Å². The van der Waals surface area contributed by atoms with Crippen LogP contribution in [0.1, 0.15) is 15.9 Å². The molecule has 0 bridgehead atoms. The first kappa shape index (κ1) is 19.6. The number of ether oxygens (including phenoxy) is 2. The second kappa shape index (κ2) is 8.57. The number of anilines is 1. The highest BCUT2D eigenvalue weighted by molar-refractivity contribution is 7.92. The van der Waals surface area contributed by atoms with Gasteiger partial charge in [0.1, 0.15) is 18.1 Å².